The van der Waals surface area contributed by atoms with Gasteiger partial charge in [-0.15, -0.1) is 0 Å². The van der Waals surface area contributed by atoms with Gasteiger partial charge in [-0.05, 0) is 48.2 Å². The van der Waals surface area contributed by atoms with E-state index in [1.54, 1.807) is 7.11 Å². The first-order valence-electron chi connectivity index (χ1n) is 10.5. The molecule has 1 aliphatic heterocycles. The fourth-order valence-electron chi connectivity index (χ4n) is 3.95. The third-order valence-corrected chi connectivity index (χ3v) is 5.76. The lowest BCUT2D eigenvalue weighted by atomic mass is 9.95. The molecule has 0 spiro atoms. The summed E-state index contributed by atoms with van der Waals surface area (Å²) in [6.07, 6.45) is 1.30. The second-order valence-electron chi connectivity index (χ2n) is 7.70. The van der Waals surface area contributed by atoms with Gasteiger partial charge in [0.05, 0.1) is 12.8 Å². The number of nitrogens with zero attached hydrogens (tertiary/aromatic N) is 1. The van der Waals surface area contributed by atoms with E-state index in [0.29, 0.717) is 42.9 Å². The van der Waals surface area contributed by atoms with Gasteiger partial charge in [-0.25, -0.2) is 0 Å². The average Bonchev–Trinajstić information content (AvgIpc) is 2.84. The first-order valence-corrected chi connectivity index (χ1v) is 10.5. The van der Waals surface area contributed by atoms with Crippen LogP contribution in [0.3, 0.4) is 0 Å². The number of hydrogen-bond acceptors (Lipinski definition) is 3. The fraction of sp³-hybridized carbons (Fsp3) is 0.231. The van der Waals surface area contributed by atoms with Gasteiger partial charge in [-0.2, -0.15) is 0 Å². The molecule has 158 valence electrons. The van der Waals surface area contributed by atoms with Gasteiger partial charge in [0.2, 0.25) is 5.91 Å². The second-order valence-corrected chi connectivity index (χ2v) is 7.70. The summed E-state index contributed by atoms with van der Waals surface area (Å²) in [6.45, 7) is 1.15. The summed E-state index contributed by atoms with van der Waals surface area (Å²) in [5, 5.41) is 2.96. The molecule has 0 aromatic heterocycles. The number of hydrogen-bond donors (Lipinski definition) is 1. The van der Waals surface area contributed by atoms with Crippen LogP contribution in [0.5, 0.6) is 5.75 Å². The van der Waals surface area contributed by atoms with Crippen LogP contribution in [0.1, 0.15) is 23.2 Å². The number of amides is 2. The summed E-state index contributed by atoms with van der Waals surface area (Å²) in [6, 6.07) is 25.2. The topological polar surface area (TPSA) is 58.6 Å². The van der Waals surface area contributed by atoms with Crippen LogP contribution in [0.15, 0.2) is 78.9 Å². The molecular formula is C26H26N2O3. The number of para-hydroxylation sites is 2. The molecule has 3 aromatic rings. The van der Waals surface area contributed by atoms with E-state index in [1.165, 1.54) is 0 Å². The Hall–Kier alpha value is -3.60. The zero-order chi connectivity index (χ0) is 21.6. The lowest BCUT2D eigenvalue weighted by Crippen LogP contribution is -2.41. The summed E-state index contributed by atoms with van der Waals surface area (Å²) in [5.74, 6) is 0.517. The Labute approximate surface area is 182 Å². The number of piperidine rings is 1. The molecule has 0 bridgehead atoms. The molecule has 31 heavy (non-hydrogen) atoms. The summed E-state index contributed by atoms with van der Waals surface area (Å²) >= 11 is 0. The Kier molecular flexibility index (Phi) is 6.32. The molecule has 0 unspecified atom stereocenters. The highest BCUT2D eigenvalue weighted by Gasteiger charge is 2.28. The zero-order valence-corrected chi connectivity index (χ0v) is 17.6. The molecule has 1 saturated heterocycles. The molecule has 1 N–H and O–H groups in total. The predicted molar refractivity (Wildman–Crippen MR) is 122 cm³/mol. The average molecular weight is 415 g/mol. The van der Waals surface area contributed by atoms with Crippen LogP contribution in [-0.2, 0) is 4.79 Å². The highest BCUT2D eigenvalue weighted by molar-refractivity contribution is 5.96. The molecule has 1 heterocycles. The van der Waals surface area contributed by atoms with Crippen molar-refractivity contribution >= 4 is 17.5 Å². The minimum Gasteiger partial charge on any atom is -0.495 e. The van der Waals surface area contributed by atoms with Crippen molar-refractivity contribution in [2.24, 2.45) is 5.92 Å². The molecule has 4 rings (SSSR count). The molecule has 1 aliphatic rings. The van der Waals surface area contributed by atoms with E-state index in [2.05, 4.69) is 17.4 Å². The molecular weight excluding hydrogens is 388 g/mol. The summed E-state index contributed by atoms with van der Waals surface area (Å²) < 4.78 is 5.30. The van der Waals surface area contributed by atoms with E-state index >= 15 is 0 Å². The number of benzene rings is 3. The highest BCUT2D eigenvalue weighted by Crippen LogP contribution is 2.26. The zero-order valence-electron chi connectivity index (χ0n) is 17.6. The fourth-order valence-corrected chi connectivity index (χ4v) is 3.95. The lowest BCUT2D eigenvalue weighted by Gasteiger charge is -2.31. The van der Waals surface area contributed by atoms with Crippen molar-refractivity contribution in [2.75, 3.05) is 25.5 Å². The Balaban J connectivity index is 1.34. The Bertz CT molecular complexity index is 1040. The highest BCUT2D eigenvalue weighted by atomic mass is 16.5. The van der Waals surface area contributed by atoms with E-state index in [4.69, 9.17) is 4.74 Å². The standard InChI is InChI=1S/C26H26N2O3/c1-31-24-10-6-5-9-23(24)27-25(29)21-15-17-28(18-16-21)26(30)22-13-11-20(12-14-22)19-7-3-2-4-8-19/h2-14,21H,15-18H2,1H3,(H,27,29). The first-order chi connectivity index (χ1) is 15.2. The van der Waals surface area contributed by atoms with Crippen LogP contribution in [0.4, 0.5) is 5.69 Å². The van der Waals surface area contributed by atoms with Crippen molar-refractivity contribution in [1.82, 2.24) is 4.90 Å². The molecule has 3 aromatic carbocycles. The minimum absolute atomic E-state index is 0.0169. The maximum absolute atomic E-state index is 12.9. The number of rotatable bonds is 5. The second kappa shape index (κ2) is 9.47. The monoisotopic (exact) mass is 414 g/mol. The van der Waals surface area contributed by atoms with Crippen LogP contribution < -0.4 is 10.1 Å². The molecule has 0 aliphatic carbocycles. The van der Waals surface area contributed by atoms with E-state index in [1.807, 2.05) is 71.6 Å². The van der Waals surface area contributed by atoms with Gasteiger partial charge in [0.25, 0.3) is 5.91 Å². The minimum atomic E-state index is -0.116. The predicted octanol–water partition coefficient (Wildman–Crippen LogP) is 4.85. The quantitative estimate of drug-likeness (QED) is 0.649. The first kappa shape index (κ1) is 20.7. The Morgan fingerprint density at radius 2 is 1.45 bits per heavy atom. The van der Waals surface area contributed by atoms with Gasteiger partial charge < -0.3 is 15.0 Å². The van der Waals surface area contributed by atoms with Crippen molar-refractivity contribution in [3.8, 4) is 16.9 Å². The number of ether oxygens (including phenoxy) is 1. The van der Waals surface area contributed by atoms with E-state index in [9.17, 15) is 9.59 Å². The summed E-state index contributed by atoms with van der Waals surface area (Å²) in [5.41, 5.74) is 3.57. The molecule has 2 amide bonds. The number of nitrogens with one attached hydrogen (secondary N) is 1. The summed E-state index contributed by atoms with van der Waals surface area (Å²) in [4.78, 5) is 27.4. The number of anilines is 1. The van der Waals surface area contributed by atoms with Crippen LogP contribution in [0.2, 0.25) is 0 Å². The van der Waals surface area contributed by atoms with E-state index in [-0.39, 0.29) is 17.7 Å². The summed E-state index contributed by atoms with van der Waals surface area (Å²) in [7, 11) is 1.58. The number of carbonyl (C=O) groups is 2. The van der Waals surface area contributed by atoms with Gasteiger partial charge in [0.1, 0.15) is 5.75 Å². The molecule has 1 fully saturated rings. The SMILES string of the molecule is COc1ccccc1NC(=O)C1CCN(C(=O)c2ccc(-c3ccccc3)cc2)CC1. The smallest absolute Gasteiger partial charge is 0.253 e. The van der Waals surface area contributed by atoms with Crippen molar-refractivity contribution in [2.45, 2.75) is 12.8 Å². The molecule has 0 saturated carbocycles. The van der Waals surface area contributed by atoms with Crippen LogP contribution >= 0.6 is 0 Å². The molecule has 0 radical (unpaired) electrons. The third-order valence-electron chi connectivity index (χ3n) is 5.76. The van der Waals surface area contributed by atoms with Crippen LogP contribution in [-0.4, -0.2) is 36.9 Å². The Morgan fingerprint density at radius 3 is 2.13 bits per heavy atom. The lowest BCUT2D eigenvalue weighted by molar-refractivity contribution is -0.121. The van der Waals surface area contributed by atoms with Gasteiger partial charge in [-0.1, -0.05) is 54.6 Å². The van der Waals surface area contributed by atoms with Gasteiger partial charge in [0, 0.05) is 24.6 Å². The van der Waals surface area contributed by atoms with Gasteiger partial charge in [0.15, 0.2) is 0 Å². The van der Waals surface area contributed by atoms with Crippen molar-refractivity contribution < 1.29 is 14.3 Å². The van der Waals surface area contributed by atoms with Gasteiger partial charge >= 0.3 is 0 Å². The largest absolute Gasteiger partial charge is 0.495 e. The maximum atomic E-state index is 12.9. The number of likely N-dealkylation sites (tertiary alicyclic amines) is 1. The third kappa shape index (κ3) is 4.77. The molecule has 0 atom stereocenters. The van der Waals surface area contributed by atoms with Crippen molar-refractivity contribution in [1.29, 1.82) is 0 Å². The van der Waals surface area contributed by atoms with Crippen LogP contribution in [0, 0.1) is 5.92 Å². The maximum Gasteiger partial charge on any atom is 0.253 e. The van der Waals surface area contributed by atoms with Crippen molar-refractivity contribution in [3.05, 3.63) is 84.4 Å². The van der Waals surface area contributed by atoms with E-state index in [0.717, 1.165) is 11.1 Å². The van der Waals surface area contributed by atoms with Gasteiger partial charge in [-0.3, -0.25) is 9.59 Å². The molecule has 5 heteroatoms. The normalized spacial score (nSPS) is 14.2. The molecule has 5 nitrogen and oxygen atoms in total. The van der Waals surface area contributed by atoms with Crippen LogP contribution in [0.25, 0.3) is 11.1 Å². The number of carbonyl (C=O) groups excluding carboxylic acids is 2. The van der Waals surface area contributed by atoms with E-state index < -0.39 is 0 Å². The Morgan fingerprint density at radius 1 is 0.839 bits per heavy atom. The van der Waals surface area contributed by atoms with Crippen molar-refractivity contribution in [3.63, 3.8) is 0 Å². The number of methoxy groups -OCH3 is 1.